The first kappa shape index (κ1) is 74.6. The van der Waals surface area contributed by atoms with Crippen molar-refractivity contribution in [1.82, 2.24) is 39.9 Å². The maximum Gasteiger partial charge on any atom is 0.260 e. The number of nitrogens with one attached hydrogen (secondary N) is 4. The minimum atomic E-state index is -3.24. The monoisotopic (exact) mass is 1480 g/mol. The Bertz CT molecular complexity index is 5000. The van der Waals surface area contributed by atoms with Crippen LogP contribution in [0.4, 0.5) is 86.1 Å². The number of hydrogen-bond acceptors (Lipinski definition) is 21. The lowest BCUT2D eigenvalue weighted by Gasteiger charge is -2.42. The molecule has 27 heteroatoms. The zero-order chi connectivity index (χ0) is 76.2. The number of likely N-dealkylation sites (tertiary alicyclic amines) is 2. The average molecular weight is 1480 g/mol. The first-order chi connectivity index (χ1) is 51.9. The number of piperazine rings is 1. The molecule has 6 aromatic carbocycles. The molecule has 0 bridgehead atoms. The number of benzene rings is 6. The standard InChI is InChI=1S/C32H39N7O3.C28H32N6O3.C21H20N4O3S/c1-35-15-13-23(14-16-35)38-17-19-39(20-18-38)31(40)22-9-10-25(28(21-22)42-4)33-29-12-11-27-30(34-29)36(2)26-8-6-5-7-24(26)32(41)37(27)3;1-32-15-13-19(14-16-32)29-27(35)18-9-10-21(24(17-18)37-4)30-25-12-11-23-26(31-25)33(2)22-8-6-5-7-20(22)28(36)34(23)3;1-24-17-7-5-4-6-16(17)21(26)25(2)18-12-13-19(23-20(18)24)22-14-8-10-15(11-9-14)29(3,27)28/h5-12,21,23H,13-20H2,1-4H3,(H,33,34);5-12,17,19H,13-16H2,1-4H3,(H,29,35)(H,30,31);4-13H,1-3H3,(H,22,23). The molecular formula is C81H91N17O9S. The van der Waals surface area contributed by atoms with Gasteiger partial charge in [-0.3, -0.25) is 28.9 Å². The fourth-order valence-electron chi connectivity index (χ4n) is 14.4. The Hall–Kier alpha value is -11.7. The summed E-state index contributed by atoms with van der Waals surface area (Å²) in [4.78, 5) is 99.7. The predicted molar refractivity (Wildman–Crippen MR) is 426 cm³/mol. The molecule has 0 unspecified atom stereocenters. The molecule has 0 aliphatic carbocycles. The van der Waals surface area contributed by atoms with Gasteiger partial charge in [0.25, 0.3) is 29.5 Å². The highest BCUT2D eigenvalue weighted by Crippen LogP contribution is 2.43. The third-order valence-corrected chi connectivity index (χ3v) is 22.0. The van der Waals surface area contributed by atoms with E-state index in [1.54, 1.807) is 105 Å². The number of carbonyl (C=O) groups excluding carboxylic acids is 5. The fraction of sp³-hybridized carbons (Fsp3) is 0.309. The van der Waals surface area contributed by atoms with Crippen molar-refractivity contribution in [2.75, 3.05) is 175 Å². The van der Waals surface area contributed by atoms with Gasteiger partial charge in [0.15, 0.2) is 27.3 Å². The Labute approximate surface area is 630 Å². The molecule has 108 heavy (non-hydrogen) atoms. The Morgan fingerprint density at radius 3 is 1.23 bits per heavy atom. The maximum absolute atomic E-state index is 13.4. The third-order valence-electron chi connectivity index (χ3n) is 20.9. The van der Waals surface area contributed by atoms with Gasteiger partial charge >= 0.3 is 0 Å². The third kappa shape index (κ3) is 15.8. The Morgan fingerprint density at radius 2 is 0.815 bits per heavy atom. The van der Waals surface area contributed by atoms with Crippen LogP contribution in [-0.4, -0.2) is 214 Å². The number of rotatable bonds is 13. The topological polar surface area (TPSA) is 257 Å². The highest BCUT2D eigenvalue weighted by atomic mass is 32.2. The van der Waals surface area contributed by atoms with Crippen LogP contribution < -0.4 is 60.1 Å². The van der Waals surface area contributed by atoms with Gasteiger partial charge in [0, 0.05) is 104 Å². The van der Waals surface area contributed by atoms with E-state index in [2.05, 4.69) is 50.1 Å². The lowest BCUT2D eigenvalue weighted by atomic mass is 10.0. The van der Waals surface area contributed by atoms with E-state index in [0.29, 0.717) is 114 Å². The highest BCUT2D eigenvalue weighted by Gasteiger charge is 2.34. The van der Waals surface area contributed by atoms with E-state index in [9.17, 15) is 32.4 Å². The summed E-state index contributed by atoms with van der Waals surface area (Å²) in [6, 6.07) is 51.7. The van der Waals surface area contributed by atoms with Gasteiger partial charge in [-0.1, -0.05) is 36.4 Å². The Morgan fingerprint density at radius 1 is 0.426 bits per heavy atom. The van der Waals surface area contributed by atoms with Crippen molar-refractivity contribution in [3.05, 3.63) is 198 Å². The van der Waals surface area contributed by atoms with Crippen LogP contribution >= 0.6 is 0 Å². The van der Waals surface area contributed by atoms with Crippen LogP contribution in [0.5, 0.6) is 11.5 Å². The zero-order valence-corrected chi connectivity index (χ0v) is 63.5. The second-order valence-corrected chi connectivity index (χ2v) is 29.9. The van der Waals surface area contributed by atoms with E-state index in [1.165, 1.54) is 19.1 Å². The van der Waals surface area contributed by atoms with Gasteiger partial charge in [-0.2, -0.15) is 0 Å². The van der Waals surface area contributed by atoms with Crippen LogP contribution in [0.2, 0.25) is 0 Å². The van der Waals surface area contributed by atoms with Gasteiger partial charge in [0.1, 0.15) is 29.0 Å². The zero-order valence-electron chi connectivity index (χ0n) is 62.7. The minimum absolute atomic E-state index is 0.0269. The summed E-state index contributed by atoms with van der Waals surface area (Å²) < 4.78 is 34.5. The molecule has 4 N–H and O–H groups in total. The molecule has 3 aromatic heterocycles. The Kier molecular flexibility index (Phi) is 22.0. The van der Waals surface area contributed by atoms with Gasteiger partial charge in [-0.15, -0.1) is 0 Å². The molecule has 5 amide bonds. The minimum Gasteiger partial charge on any atom is -0.495 e. The predicted octanol–water partition coefficient (Wildman–Crippen LogP) is 11.6. The number of nitrogens with zero attached hydrogens (tertiary/aromatic N) is 13. The molecule has 0 radical (unpaired) electrons. The Balaban J connectivity index is 0.000000145. The van der Waals surface area contributed by atoms with E-state index in [-0.39, 0.29) is 40.5 Å². The first-order valence-electron chi connectivity index (χ1n) is 36.0. The number of pyridine rings is 3. The number of ether oxygens (including phenoxy) is 2. The largest absolute Gasteiger partial charge is 0.495 e. The summed E-state index contributed by atoms with van der Waals surface area (Å²) in [6.07, 6.45) is 5.47. The van der Waals surface area contributed by atoms with Crippen LogP contribution in [0.15, 0.2) is 175 Å². The van der Waals surface area contributed by atoms with Crippen molar-refractivity contribution in [3.8, 4) is 11.5 Å². The second kappa shape index (κ2) is 31.8. The molecule has 6 aliphatic heterocycles. The van der Waals surface area contributed by atoms with Crippen molar-refractivity contribution in [3.63, 3.8) is 0 Å². The highest BCUT2D eigenvalue weighted by molar-refractivity contribution is 7.90. The van der Waals surface area contributed by atoms with Gasteiger partial charge in [-0.05, 0) is 199 Å². The molecule has 6 aliphatic rings. The fourth-order valence-corrected chi connectivity index (χ4v) is 15.1. The number of sulfone groups is 1. The summed E-state index contributed by atoms with van der Waals surface area (Å²) >= 11 is 0. The summed E-state index contributed by atoms with van der Waals surface area (Å²) in [5, 5.41) is 13.0. The second-order valence-electron chi connectivity index (χ2n) is 27.9. The lowest BCUT2D eigenvalue weighted by molar-refractivity contribution is 0.0474. The van der Waals surface area contributed by atoms with E-state index < -0.39 is 9.84 Å². The van der Waals surface area contributed by atoms with E-state index in [1.807, 2.05) is 156 Å². The maximum atomic E-state index is 13.4. The molecular weight excluding hydrogens is 1390 g/mol. The van der Waals surface area contributed by atoms with Crippen LogP contribution in [0, 0.1) is 0 Å². The van der Waals surface area contributed by atoms with E-state index in [4.69, 9.17) is 24.4 Å². The van der Waals surface area contributed by atoms with Gasteiger partial charge in [-0.25, -0.2) is 23.4 Å². The molecule has 0 atom stereocenters. The van der Waals surface area contributed by atoms with Crippen LogP contribution in [0.1, 0.15) is 77.5 Å². The molecule has 3 fully saturated rings. The van der Waals surface area contributed by atoms with Gasteiger partial charge in [0.2, 0.25) is 0 Å². The number of para-hydroxylation sites is 3. The smallest absolute Gasteiger partial charge is 0.260 e. The van der Waals surface area contributed by atoms with Crippen LogP contribution in [-0.2, 0) is 9.84 Å². The normalized spacial score (nSPS) is 16.3. The summed E-state index contributed by atoms with van der Waals surface area (Å²) in [6.45, 7) is 7.56. The molecule has 560 valence electrons. The summed E-state index contributed by atoms with van der Waals surface area (Å²) in [5.74, 6) is 4.50. The molecule has 26 nitrogen and oxygen atoms in total. The number of aromatic nitrogens is 3. The molecule has 3 saturated heterocycles. The molecule has 15 rings (SSSR count). The van der Waals surface area contributed by atoms with Crippen molar-refractivity contribution in [1.29, 1.82) is 0 Å². The van der Waals surface area contributed by atoms with E-state index >= 15 is 0 Å². The van der Waals surface area contributed by atoms with Crippen molar-refractivity contribution < 1.29 is 41.9 Å². The number of amides is 5. The van der Waals surface area contributed by atoms with E-state index in [0.717, 1.165) is 82.3 Å². The molecule has 9 aromatic rings. The van der Waals surface area contributed by atoms with Crippen molar-refractivity contribution in [2.45, 2.75) is 42.7 Å². The first-order valence-corrected chi connectivity index (χ1v) is 37.9. The lowest BCUT2D eigenvalue weighted by Crippen LogP contribution is -2.54. The average Bonchev–Trinajstić information content (AvgIpc) is 1.63. The summed E-state index contributed by atoms with van der Waals surface area (Å²) in [5.41, 5.74) is 9.62. The number of methoxy groups -OCH3 is 2. The van der Waals surface area contributed by atoms with Gasteiger partial charge < -0.3 is 74.8 Å². The molecule has 0 spiro atoms. The number of hydrogen-bond donors (Lipinski definition) is 4. The van der Waals surface area contributed by atoms with Crippen molar-refractivity contribution in [2.24, 2.45) is 0 Å². The van der Waals surface area contributed by atoms with Gasteiger partial charge in [0.05, 0.1) is 81.3 Å². The molecule has 0 saturated carbocycles. The number of fused-ring (bicyclic) bond motifs is 6. The summed E-state index contributed by atoms with van der Waals surface area (Å²) in [7, 11) is 15.2. The van der Waals surface area contributed by atoms with Crippen LogP contribution in [0.25, 0.3) is 0 Å². The van der Waals surface area contributed by atoms with Crippen LogP contribution in [0.3, 0.4) is 0 Å². The number of anilines is 15. The van der Waals surface area contributed by atoms with Crippen molar-refractivity contribution >= 4 is 125 Å². The SMILES string of the molecule is CN1C(=O)c2ccccc2N(C)c2nc(Nc3ccc(S(C)(=O)=O)cc3)ccc21.COc1cc(C(=O)N2CCN(C3CCN(C)CC3)CC2)ccc1Nc1ccc2c(n1)N(C)c1ccccc1C(=O)N2C.COc1cc(C(=O)NC2CCN(C)CC2)ccc1Nc1ccc2c(n1)N(C)c1ccccc1C(=O)N2C. The number of carbonyl (C=O) groups is 5. The quantitative estimate of drug-likeness (QED) is 0.0836. The molecule has 9 heterocycles. The number of piperidine rings is 2.